The summed E-state index contributed by atoms with van der Waals surface area (Å²) in [4.78, 5) is 15.2. The van der Waals surface area contributed by atoms with Gasteiger partial charge in [0.2, 0.25) is 5.91 Å². The fourth-order valence-corrected chi connectivity index (χ4v) is 5.07. The number of carbonyl (C=O) groups excluding carboxylic acids is 1. The third-order valence-corrected chi connectivity index (χ3v) is 7.19. The monoisotopic (exact) mass is 482 g/mol. The molecule has 0 spiro atoms. The molecule has 2 aromatic heterocycles. The van der Waals surface area contributed by atoms with Crippen molar-refractivity contribution in [3.63, 3.8) is 0 Å². The highest BCUT2D eigenvalue weighted by atomic mass is 16.1. The topological polar surface area (TPSA) is 75.9 Å². The fraction of sp³-hybridized carbons (Fsp3) is 0.379. The second kappa shape index (κ2) is 10.1. The van der Waals surface area contributed by atoms with E-state index in [0.717, 1.165) is 59.6 Å². The lowest BCUT2D eigenvalue weighted by atomic mass is 9.97. The van der Waals surface area contributed by atoms with Crippen LogP contribution in [0.4, 0.5) is 5.82 Å². The summed E-state index contributed by atoms with van der Waals surface area (Å²) in [5.41, 5.74) is 7.48. The van der Waals surface area contributed by atoms with E-state index in [0.29, 0.717) is 13.1 Å². The predicted octanol–water partition coefficient (Wildman–Crippen LogP) is 4.62. The third kappa shape index (κ3) is 4.83. The Morgan fingerprint density at radius 2 is 1.67 bits per heavy atom. The number of hydrogen-bond acceptors (Lipinski definition) is 5. The first-order valence-corrected chi connectivity index (χ1v) is 12.8. The molecule has 1 unspecified atom stereocenters. The standard InChI is InChI=1S/C29H34N6O/c1-19-7-11-23(12-8-19)15-16-30-29(36)24-6-5-17-34(18-24)28-27-26(21(3)31-32-28)22(4)35(33-27)25-13-9-20(2)10-14-25/h7-14,24H,5-6,15-18H2,1-4H3,(H,30,36). The minimum Gasteiger partial charge on any atom is -0.355 e. The quantitative estimate of drug-likeness (QED) is 0.434. The Bertz CT molecular complexity index is 1370. The van der Waals surface area contributed by atoms with Gasteiger partial charge in [-0.2, -0.15) is 10.2 Å². The zero-order valence-corrected chi connectivity index (χ0v) is 21.6. The van der Waals surface area contributed by atoms with Crippen LogP contribution in [-0.4, -0.2) is 45.5 Å². The lowest BCUT2D eigenvalue weighted by molar-refractivity contribution is -0.125. The van der Waals surface area contributed by atoms with Gasteiger partial charge in [-0.05, 0) is 64.7 Å². The lowest BCUT2D eigenvalue weighted by Crippen LogP contribution is -2.44. The van der Waals surface area contributed by atoms with E-state index in [2.05, 4.69) is 89.7 Å². The van der Waals surface area contributed by atoms with Crippen LogP contribution >= 0.6 is 0 Å². The Labute approximate surface area is 212 Å². The number of anilines is 1. The molecule has 3 heterocycles. The summed E-state index contributed by atoms with van der Waals surface area (Å²) in [5, 5.41) is 18.2. The van der Waals surface area contributed by atoms with Crippen molar-refractivity contribution in [2.45, 2.75) is 47.0 Å². The van der Waals surface area contributed by atoms with Crippen molar-refractivity contribution in [2.24, 2.45) is 5.92 Å². The second-order valence-corrected chi connectivity index (χ2v) is 9.98. The van der Waals surface area contributed by atoms with E-state index in [1.165, 1.54) is 16.7 Å². The number of aryl methyl sites for hydroxylation is 4. The number of aromatic nitrogens is 4. The molecule has 1 aliphatic heterocycles. The van der Waals surface area contributed by atoms with Crippen LogP contribution in [0.25, 0.3) is 16.6 Å². The van der Waals surface area contributed by atoms with Gasteiger partial charge in [-0.3, -0.25) is 4.79 Å². The molecule has 5 rings (SSSR count). The molecule has 1 N–H and O–H groups in total. The number of benzene rings is 2. The van der Waals surface area contributed by atoms with Gasteiger partial charge in [-0.15, -0.1) is 5.10 Å². The molecule has 0 bridgehead atoms. The maximum Gasteiger partial charge on any atom is 0.224 e. The van der Waals surface area contributed by atoms with Gasteiger partial charge in [0.15, 0.2) is 5.82 Å². The number of rotatable bonds is 6. The molecule has 0 aliphatic carbocycles. The van der Waals surface area contributed by atoms with Gasteiger partial charge in [0.05, 0.1) is 28.4 Å². The van der Waals surface area contributed by atoms with Crippen molar-refractivity contribution in [3.05, 3.63) is 76.6 Å². The molecule has 186 valence electrons. The molecule has 1 saturated heterocycles. The van der Waals surface area contributed by atoms with Crippen LogP contribution < -0.4 is 10.2 Å². The van der Waals surface area contributed by atoms with Crippen LogP contribution in [0, 0.1) is 33.6 Å². The van der Waals surface area contributed by atoms with Crippen molar-refractivity contribution >= 4 is 22.6 Å². The molecule has 0 radical (unpaired) electrons. The second-order valence-electron chi connectivity index (χ2n) is 9.98. The predicted molar refractivity (Wildman–Crippen MR) is 144 cm³/mol. The molecule has 0 saturated carbocycles. The van der Waals surface area contributed by atoms with Crippen molar-refractivity contribution in [1.82, 2.24) is 25.3 Å². The lowest BCUT2D eigenvalue weighted by Gasteiger charge is -2.32. The summed E-state index contributed by atoms with van der Waals surface area (Å²) < 4.78 is 1.98. The zero-order valence-electron chi connectivity index (χ0n) is 21.6. The van der Waals surface area contributed by atoms with Gasteiger partial charge in [0.25, 0.3) is 0 Å². The van der Waals surface area contributed by atoms with Crippen LogP contribution in [0.5, 0.6) is 0 Å². The summed E-state index contributed by atoms with van der Waals surface area (Å²) in [6, 6.07) is 16.8. The van der Waals surface area contributed by atoms with E-state index in [-0.39, 0.29) is 11.8 Å². The van der Waals surface area contributed by atoms with E-state index in [9.17, 15) is 4.79 Å². The zero-order chi connectivity index (χ0) is 25.2. The molecule has 7 heteroatoms. The van der Waals surface area contributed by atoms with Crippen LogP contribution in [0.1, 0.15) is 40.9 Å². The highest BCUT2D eigenvalue weighted by molar-refractivity contribution is 5.92. The molecule has 7 nitrogen and oxygen atoms in total. The molecular weight excluding hydrogens is 448 g/mol. The third-order valence-electron chi connectivity index (χ3n) is 7.19. The number of fused-ring (bicyclic) bond motifs is 1. The highest BCUT2D eigenvalue weighted by Gasteiger charge is 2.29. The fourth-order valence-electron chi connectivity index (χ4n) is 5.07. The first-order chi connectivity index (χ1) is 17.4. The van der Waals surface area contributed by atoms with Crippen LogP contribution in [0.2, 0.25) is 0 Å². The molecule has 1 atom stereocenters. The first kappa shape index (κ1) is 24.0. The molecular formula is C29H34N6O. The van der Waals surface area contributed by atoms with Gasteiger partial charge in [-0.25, -0.2) is 4.68 Å². The minimum absolute atomic E-state index is 0.0739. The molecule has 2 aromatic carbocycles. The Kier molecular flexibility index (Phi) is 6.72. The molecule has 1 aliphatic rings. The summed E-state index contributed by atoms with van der Waals surface area (Å²) in [6.45, 7) is 10.3. The van der Waals surface area contributed by atoms with Gasteiger partial charge in [0.1, 0.15) is 5.52 Å². The van der Waals surface area contributed by atoms with Crippen LogP contribution in [0.3, 0.4) is 0 Å². The number of amides is 1. The van der Waals surface area contributed by atoms with E-state index >= 15 is 0 Å². The average Bonchev–Trinajstić information content (AvgIpc) is 3.24. The van der Waals surface area contributed by atoms with E-state index < -0.39 is 0 Å². The molecule has 1 amide bonds. The number of piperidine rings is 1. The summed E-state index contributed by atoms with van der Waals surface area (Å²) in [6.07, 6.45) is 2.65. The van der Waals surface area contributed by atoms with Crippen LogP contribution in [-0.2, 0) is 11.2 Å². The Morgan fingerprint density at radius 1 is 0.972 bits per heavy atom. The van der Waals surface area contributed by atoms with E-state index in [1.807, 2.05) is 11.6 Å². The maximum atomic E-state index is 13.0. The number of nitrogens with one attached hydrogen (secondary N) is 1. The highest BCUT2D eigenvalue weighted by Crippen LogP contribution is 2.31. The average molecular weight is 483 g/mol. The Balaban J connectivity index is 1.33. The van der Waals surface area contributed by atoms with Gasteiger partial charge in [0, 0.05) is 19.6 Å². The van der Waals surface area contributed by atoms with Crippen molar-refractivity contribution in [1.29, 1.82) is 0 Å². The van der Waals surface area contributed by atoms with Gasteiger partial charge >= 0.3 is 0 Å². The van der Waals surface area contributed by atoms with Gasteiger partial charge in [-0.1, -0.05) is 47.5 Å². The van der Waals surface area contributed by atoms with E-state index in [4.69, 9.17) is 5.10 Å². The number of hydrogen-bond donors (Lipinski definition) is 1. The van der Waals surface area contributed by atoms with Crippen molar-refractivity contribution < 1.29 is 4.79 Å². The first-order valence-electron chi connectivity index (χ1n) is 12.8. The summed E-state index contributed by atoms with van der Waals surface area (Å²) in [5.74, 6) is 0.807. The number of nitrogens with zero attached hydrogens (tertiary/aromatic N) is 5. The normalized spacial score (nSPS) is 15.9. The number of carbonyl (C=O) groups is 1. The SMILES string of the molecule is Cc1ccc(CCNC(=O)C2CCCN(c3nnc(C)c4c(C)n(-c5ccc(C)cc5)nc34)C2)cc1. The summed E-state index contributed by atoms with van der Waals surface area (Å²) in [7, 11) is 0. The van der Waals surface area contributed by atoms with Gasteiger partial charge < -0.3 is 10.2 Å². The molecule has 1 fully saturated rings. The largest absolute Gasteiger partial charge is 0.355 e. The van der Waals surface area contributed by atoms with Crippen molar-refractivity contribution in [2.75, 3.05) is 24.5 Å². The Morgan fingerprint density at radius 3 is 2.39 bits per heavy atom. The smallest absolute Gasteiger partial charge is 0.224 e. The van der Waals surface area contributed by atoms with Crippen molar-refractivity contribution in [3.8, 4) is 5.69 Å². The molecule has 4 aromatic rings. The summed E-state index contributed by atoms with van der Waals surface area (Å²) >= 11 is 0. The minimum atomic E-state index is -0.0739. The molecule has 36 heavy (non-hydrogen) atoms. The Hall–Kier alpha value is -3.74. The maximum absolute atomic E-state index is 13.0. The van der Waals surface area contributed by atoms with Crippen LogP contribution in [0.15, 0.2) is 48.5 Å². The van der Waals surface area contributed by atoms with E-state index in [1.54, 1.807) is 0 Å².